The van der Waals surface area contributed by atoms with Crippen LogP contribution in [0.1, 0.15) is 16.1 Å². The second-order valence-electron chi connectivity index (χ2n) is 2.84. The summed E-state index contributed by atoms with van der Waals surface area (Å²) in [6.45, 7) is -0.0808. The van der Waals surface area contributed by atoms with Gasteiger partial charge in [-0.15, -0.1) is 13.2 Å². The van der Waals surface area contributed by atoms with Crippen LogP contribution in [0, 0.1) is 3.70 Å². The van der Waals surface area contributed by atoms with Crippen molar-refractivity contribution in [3.05, 3.63) is 21.0 Å². The lowest BCUT2D eigenvalue weighted by Gasteiger charge is -2.13. The van der Waals surface area contributed by atoms with E-state index in [1.165, 1.54) is 22.6 Å². The molecule has 17 heavy (non-hydrogen) atoms. The molecule has 0 amide bonds. The van der Waals surface area contributed by atoms with E-state index in [2.05, 4.69) is 9.72 Å². The molecule has 0 aliphatic heterocycles. The molecule has 0 aliphatic rings. The van der Waals surface area contributed by atoms with Crippen LogP contribution >= 0.6 is 22.6 Å². The summed E-state index contributed by atoms with van der Waals surface area (Å²) in [5.74, 6) is -2.37. The van der Waals surface area contributed by atoms with Crippen molar-refractivity contribution in [3.63, 3.8) is 0 Å². The fourth-order valence-corrected chi connectivity index (χ4v) is 1.74. The van der Waals surface area contributed by atoms with E-state index in [0.29, 0.717) is 0 Å². The van der Waals surface area contributed by atoms with Crippen LogP contribution in [-0.4, -0.2) is 22.4 Å². The second-order valence-corrected chi connectivity index (χ2v) is 3.86. The summed E-state index contributed by atoms with van der Waals surface area (Å²) >= 11 is 1.45. The van der Waals surface area contributed by atoms with Gasteiger partial charge in [-0.25, -0.2) is 9.78 Å². The van der Waals surface area contributed by atoms with Crippen molar-refractivity contribution < 1.29 is 27.8 Å². The molecule has 94 valence electrons. The summed E-state index contributed by atoms with van der Waals surface area (Å²) in [6.07, 6.45) is -4.98. The predicted molar refractivity (Wildman–Crippen MR) is 58.5 cm³/mol. The van der Waals surface area contributed by atoms with Crippen molar-refractivity contribution in [3.8, 4) is 5.75 Å². The molecule has 0 saturated carbocycles. The molecule has 0 radical (unpaired) electrons. The predicted octanol–water partition coefficient (Wildman–Crippen LogP) is 1.74. The standard InChI is InChI=1S/C8H6F3IN2O3/c9-8(10,11)17-5-4(7(15)16)1-3(2-13)14-6(5)12/h1H,2,13H2,(H,15,16). The van der Waals surface area contributed by atoms with Crippen molar-refractivity contribution in [2.75, 3.05) is 0 Å². The number of alkyl halides is 3. The van der Waals surface area contributed by atoms with Crippen LogP contribution in [0.5, 0.6) is 5.75 Å². The molecule has 0 saturated heterocycles. The molecule has 1 rings (SSSR count). The van der Waals surface area contributed by atoms with Crippen molar-refractivity contribution in [2.45, 2.75) is 12.9 Å². The summed E-state index contributed by atoms with van der Waals surface area (Å²) in [5, 5.41) is 8.79. The lowest BCUT2D eigenvalue weighted by atomic mass is 10.2. The topological polar surface area (TPSA) is 85.4 Å². The number of aromatic nitrogens is 1. The first-order valence-electron chi connectivity index (χ1n) is 4.13. The van der Waals surface area contributed by atoms with Crippen LogP contribution in [0.4, 0.5) is 13.2 Å². The van der Waals surface area contributed by atoms with Gasteiger partial charge < -0.3 is 15.6 Å². The third-order valence-electron chi connectivity index (χ3n) is 1.64. The Balaban J connectivity index is 3.32. The Hall–Kier alpha value is -1.10. The van der Waals surface area contributed by atoms with E-state index in [4.69, 9.17) is 10.8 Å². The van der Waals surface area contributed by atoms with Crippen LogP contribution in [-0.2, 0) is 6.54 Å². The maximum atomic E-state index is 12.1. The minimum atomic E-state index is -4.98. The lowest BCUT2D eigenvalue weighted by Crippen LogP contribution is -2.21. The highest BCUT2D eigenvalue weighted by atomic mass is 127. The fourth-order valence-electron chi connectivity index (χ4n) is 1.03. The molecule has 0 bridgehead atoms. The number of rotatable bonds is 3. The normalized spacial score (nSPS) is 11.4. The van der Waals surface area contributed by atoms with Gasteiger partial charge in [0.15, 0.2) is 5.75 Å². The van der Waals surface area contributed by atoms with E-state index < -0.39 is 23.6 Å². The zero-order valence-corrected chi connectivity index (χ0v) is 10.2. The number of aromatic carboxylic acids is 1. The number of hydrogen-bond acceptors (Lipinski definition) is 4. The van der Waals surface area contributed by atoms with Gasteiger partial charge in [-0.05, 0) is 28.7 Å². The summed E-state index contributed by atoms with van der Waals surface area (Å²) in [4.78, 5) is 14.5. The Morgan fingerprint density at radius 3 is 2.59 bits per heavy atom. The average molecular weight is 362 g/mol. The maximum absolute atomic E-state index is 12.1. The van der Waals surface area contributed by atoms with Gasteiger partial charge in [0.1, 0.15) is 9.26 Å². The van der Waals surface area contributed by atoms with Gasteiger partial charge >= 0.3 is 12.3 Å². The molecular formula is C8H6F3IN2O3. The Morgan fingerprint density at radius 1 is 1.59 bits per heavy atom. The van der Waals surface area contributed by atoms with Crippen molar-refractivity contribution in [1.29, 1.82) is 0 Å². The van der Waals surface area contributed by atoms with Crippen molar-refractivity contribution >= 4 is 28.6 Å². The molecule has 0 aliphatic carbocycles. The van der Waals surface area contributed by atoms with Crippen molar-refractivity contribution in [1.82, 2.24) is 4.98 Å². The van der Waals surface area contributed by atoms with Crippen LogP contribution in [0.3, 0.4) is 0 Å². The monoisotopic (exact) mass is 362 g/mol. The Kier molecular flexibility index (Phi) is 4.14. The molecule has 0 unspecified atom stereocenters. The van der Waals surface area contributed by atoms with Gasteiger partial charge in [-0.1, -0.05) is 0 Å². The fraction of sp³-hybridized carbons (Fsp3) is 0.250. The van der Waals surface area contributed by atoms with Crippen LogP contribution < -0.4 is 10.5 Å². The number of carboxylic acid groups (broad SMARTS) is 1. The molecular weight excluding hydrogens is 356 g/mol. The van der Waals surface area contributed by atoms with Gasteiger partial charge in [0.25, 0.3) is 0 Å². The van der Waals surface area contributed by atoms with E-state index >= 15 is 0 Å². The smallest absolute Gasteiger partial charge is 0.478 e. The minimum Gasteiger partial charge on any atom is -0.478 e. The number of halogens is 4. The molecule has 0 aromatic carbocycles. The zero-order chi connectivity index (χ0) is 13.2. The summed E-state index contributed by atoms with van der Waals surface area (Å²) in [6, 6.07) is 0.950. The molecule has 0 fully saturated rings. The van der Waals surface area contributed by atoms with E-state index in [0.717, 1.165) is 6.07 Å². The second kappa shape index (κ2) is 5.04. The van der Waals surface area contributed by atoms with Gasteiger partial charge in [0, 0.05) is 6.54 Å². The first kappa shape index (κ1) is 14.0. The maximum Gasteiger partial charge on any atom is 0.573 e. The minimum absolute atomic E-state index is 0.0808. The molecule has 3 N–H and O–H groups in total. The number of pyridine rings is 1. The highest BCUT2D eigenvalue weighted by Gasteiger charge is 2.34. The van der Waals surface area contributed by atoms with Crippen LogP contribution in [0.2, 0.25) is 0 Å². The third-order valence-corrected chi connectivity index (χ3v) is 2.37. The molecule has 0 spiro atoms. The van der Waals surface area contributed by atoms with Crippen LogP contribution in [0.15, 0.2) is 6.07 Å². The number of nitrogens with zero attached hydrogens (tertiary/aromatic N) is 1. The molecule has 1 aromatic heterocycles. The number of nitrogens with two attached hydrogens (primary N) is 1. The summed E-state index contributed by atoms with van der Waals surface area (Å²) in [5.41, 5.74) is 4.79. The van der Waals surface area contributed by atoms with Crippen molar-refractivity contribution in [2.24, 2.45) is 5.73 Å². The SMILES string of the molecule is NCc1cc(C(=O)O)c(OC(F)(F)F)c(I)n1. The van der Waals surface area contributed by atoms with Gasteiger partial charge in [-0.2, -0.15) is 0 Å². The van der Waals surface area contributed by atoms with Gasteiger partial charge in [0.2, 0.25) is 0 Å². The number of hydrogen-bond donors (Lipinski definition) is 2. The first-order chi connectivity index (χ1) is 7.74. The lowest BCUT2D eigenvalue weighted by molar-refractivity contribution is -0.275. The summed E-state index contributed by atoms with van der Waals surface area (Å²) < 4.78 is 39.7. The van der Waals surface area contributed by atoms with E-state index in [-0.39, 0.29) is 15.9 Å². The van der Waals surface area contributed by atoms with E-state index in [9.17, 15) is 18.0 Å². The number of carboxylic acids is 1. The Labute approximate surface area is 107 Å². The first-order valence-corrected chi connectivity index (χ1v) is 5.21. The van der Waals surface area contributed by atoms with Gasteiger partial charge in [-0.3, -0.25) is 0 Å². The molecule has 1 aromatic rings. The van der Waals surface area contributed by atoms with Gasteiger partial charge in [0.05, 0.1) is 5.69 Å². The quantitative estimate of drug-likeness (QED) is 0.632. The molecule has 9 heteroatoms. The Morgan fingerprint density at radius 2 is 2.18 bits per heavy atom. The average Bonchev–Trinajstić information content (AvgIpc) is 2.18. The number of ether oxygens (including phenoxy) is 1. The molecule has 5 nitrogen and oxygen atoms in total. The number of carbonyl (C=O) groups is 1. The summed E-state index contributed by atoms with van der Waals surface area (Å²) in [7, 11) is 0. The molecule has 0 atom stereocenters. The molecule has 1 heterocycles. The van der Waals surface area contributed by atoms with E-state index in [1.807, 2.05) is 0 Å². The third kappa shape index (κ3) is 3.70. The van der Waals surface area contributed by atoms with Crippen LogP contribution in [0.25, 0.3) is 0 Å². The zero-order valence-electron chi connectivity index (χ0n) is 8.08. The van der Waals surface area contributed by atoms with E-state index in [1.54, 1.807) is 0 Å². The Bertz CT molecular complexity index is 450. The highest BCUT2D eigenvalue weighted by molar-refractivity contribution is 14.1. The largest absolute Gasteiger partial charge is 0.573 e. The highest BCUT2D eigenvalue weighted by Crippen LogP contribution is 2.30.